The third kappa shape index (κ3) is 3.22. The van der Waals surface area contributed by atoms with E-state index in [1.54, 1.807) is 6.92 Å². The van der Waals surface area contributed by atoms with Crippen molar-refractivity contribution in [2.45, 2.75) is 59.5 Å². The van der Waals surface area contributed by atoms with Gasteiger partial charge in [-0.05, 0) is 69.3 Å². The first kappa shape index (κ1) is 16.7. The molecule has 2 rings (SSSR count). The van der Waals surface area contributed by atoms with Gasteiger partial charge in [0, 0.05) is 12.1 Å². The zero-order valence-electron chi connectivity index (χ0n) is 13.9. The number of Topliss-reactive ketones (excluding diaryl/α,β-unsaturated/α-hetero) is 1. The molecule has 1 N–H and O–H groups in total. The maximum Gasteiger partial charge on any atom is 0.320 e. The minimum Gasteiger partial charge on any atom is -0.480 e. The quantitative estimate of drug-likeness (QED) is 0.867. The number of carboxylic acids is 1. The van der Waals surface area contributed by atoms with Crippen molar-refractivity contribution in [3.63, 3.8) is 0 Å². The summed E-state index contributed by atoms with van der Waals surface area (Å²) in [6.45, 7) is 8.98. The normalized spacial score (nSPS) is 19.2. The van der Waals surface area contributed by atoms with Gasteiger partial charge in [-0.3, -0.25) is 14.5 Å². The molecule has 0 bridgehead atoms. The monoisotopic (exact) mass is 303 g/mol. The van der Waals surface area contributed by atoms with Crippen molar-refractivity contribution in [1.82, 2.24) is 4.90 Å². The van der Waals surface area contributed by atoms with Crippen molar-refractivity contribution < 1.29 is 14.7 Å². The lowest BCUT2D eigenvalue weighted by Crippen LogP contribution is -2.44. The number of aryl methyl sites for hydroxylation is 2. The molecule has 0 saturated carbocycles. The predicted molar refractivity (Wildman–Crippen MR) is 86.3 cm³/mol. The van der Waals surface area contributed by atoms with Crippen molar-refractivity contribution in [1.29, 1.82) is 0 Å². The number of carbonyl (C=O) groups is 2. The van der Waals surface area contributed by atoms with Crippen LogP contribution in [0, 0.1) is 20.8 Å². The van der Waals surface area contributed by atoms with E-state index in [0.717, 1.165) is 47.2 Å². The van der Waals surface area contributed by atoms with Crippen LogP contribution in [0.5, 0.6) is 0 Å². The van der Waals surface area contributed by atoms with E-state index in [0.29, 0.717) is 13.0 Å². The van der Waals surface area contributed by atoms with Crippen molar-refractivity contribution in [2.75, 3.05) is 6.54 Å². The fourth-order valence-electron chi connectivity index (χ4n) is 3.67. The third-order valence-electron chi connectivity index (χ3n) is 4.74. The molecular formula is C18H25NO3. The fraction of sp³-hybridized carbons (Fsp3) is 0.556. The smallest absolute Gasteiger partial charge is 0.320 e. The summed E-state index contributed by atoms with van der Waals surface area (Å²) in [6.07, 6.45) is 2.71. The van der Waals surface area contributed by atoms with Crippen LogP contribution < -0.4 is 0 Å². The Hall–Kier alpha value is -1.68. The predicted octanol–water partition coefficient (Wildman–Crippen LogP) is 3.25. The van der Waals surface area contributed by atoms with Crippen LogP contribution in [0.1, 0.15) is 58.8 Å². The van der Waals surface area contributed by atoms with Gasteiger partial charge in [-0.1, -0.05) is 12.5 Å². The second kappa shape index (κ2) is 6.61. The first-order valence-corrected chi connectivity index (χ1v) is 7.90. The van der Waals surface area contributed by atoms with Crippen LogP contribution in [-0.4, -0.2) is 34.3 Å². The molecule has 0 amide bonds. The fourth-order valence-corrected chi connectivity index (χ4v) is 3.67. The van der Waals surface area contributed by atoms with Crippen LogP contribution in [0.15, 0.2) is 6.07 Å². The van der Waals surface area contributed by atoms with Gasteiger partial charge in [-0.15, -0.1) is 0 Å². The van der Waals surface area contributed by atoms with E-state index >= 15 is 0 Å². The largest absolute Gasteiger partial charge is 0.480 e. The molecule has 1 aliphatic rings. The number of hydrogen-bond donors (Lipinski definition) is 1. The zero-order valence-corrected chi connectivity index (χ0v) is 13.9. The molecule has 1 atom stereocenters. The Morgan fingerprint density at radius 1 is 1.23 bits per heavy atom. The summed E-state index contributed by atoms with van der Waals surface area (Å²) in [6, 6.07) is 1.63. The summed E-state index contributed by atoms with van der Waals surface area (Å²) in [5, 5.41) is 9.42. The van der Waals surface area contributed by atoms with Gasteiger partial charge in [-0.25, -0.2) is 0 Å². The summed E-state index contributed by atoms with van der Waals surface area (Å²) in [5.41, 5.74) is 5.02. The van der Waals surface area contributed by atoms with Gasteiger partial charge < -0.3 is 5.11 Å². The Morgan fingerprint density at radius 3 is 2.50 bits per heavy atom. The number of rotatable bonds is 4. The number of aliphatic carboxylic acids is 1. The Balaban J connectivity index is 2.38. The van der Waals surface area contributed by atoms with Crippen LogP contribution >= 0.6 is 0 Å². The molecule has 0 radical (unpaired) electrons. The topological polar surface area (TPSA) is 57.6 Å². The Kier molecular flexibility index (Phi) is 5.01. The molecule has 22 heavy (non-hydrogen) atoms. The molecule has 1 saturated heterocycles. The number of piperidine rings is 1. The first-order chi connectivity index (χ1) is 10.3. The second-order valence-corrected chi connectivity index (χ2v) is 6.37. The number of benzene rings is 1. The van der Waals surface area contributed by atoms with Crippen LogP contribution in [0.4, 0.5) is 0 Å². The van der Waals surface area contributed by atoms with E-state index in [4.69, 9.17) is 0 Å². The average Bonchev–Trinajstić information content (AvgIpc) is 2.43. The molecule has 1 aromatic rings. The molecule has 0 aromatic heterocycles. The molecule has 4 nitrogen and oxygen atoms in total. The van der Waals surface area contributed by atoms with E-state index in [1.807, 2.05) is 31.7 Å². The van der Waals surface area contributed by atoms with E-state index < -0.39 is 12.0 Å². The third-order valence-corrected chi connectivity index (χ3v) is 4.74. The number of carboxylic acid groups (broad SMARTS) is 1. The van der Waals surface area contributed by atoms with E-state index in [9.17, 15) is 14.7 Å². The van der Waals surface area contributed by atoms with Crippen molar-refractivity contribution in [2.24, 2.45) is 0 Å². The highest BCUT2D eigenvalue weighted by atomic mass is 16.4. The van der Waals surface area contributed by atoms with Gasteiger partial charge in [-0.2, -0.15) is 0 Å². The summed E-state index contributed by atoms with van der Waals surface area (Å²) < 4.78 is 0. The van der Waals surface area contributed by atoms with Crippen molar-refractivity contribution in [3.8, 4) is 0 Å². The molecule has 1 aromatic carbocycles. The number of nitrogens with zero attached hydrogens (tertiary/aromatic N) is 1. The summed E-state index contributed by atoms with van der Waals surface area (Å²) in [7, 11) is 0. The van der Waals surface area contributed by atoms with Gasteiger partial charge in [0.05, 0.1) is 0 Å². The van der Waals surface area contributed by atoms with E-state index in [1.165, 1.54) is 0 Å². The Bertz CT molecular complexity index is 607. The number of likely N-dealkylation sites (tertiary alicyclic amines) is 1. The van der Waals surface area contributed by atoms with Crippen molar-refractivity contribution in [3.05, 3.63) is 33.9 Å². The van der Waals surface area contributed by atoms with Gasteiger partial charge in [0.25, 0.3) is 0 Å². The van der Waals surface area contributed by atoms with Crippen LogP contribution in [0.2, 0.25) is 0 Å². The maximum atomic E-state index is 11.9. The molecule has 0 spiro atoms. The van der Waals surface area contributed by atoms with Crippen LogP contribution in [0.25, 0.3) is 0 Å². The number of ketones is 1. The van der Waals surface area contributed by atoms with Gasteiger partial charge >= 0.3 is 5.97 Å². The zero-order chi connectivity index (χ0) is 16.4. The SMILES string of the molecule is CC(=O)c1c(C)cc(C)c(CN2CCCC[C@H]2C(=O)O)c1C. The second-order valence-electron chi connectivity index (χ2n) is 6.37. The van der Waals surface area contributed by atoms with Gasteiger partial charge in [0.1, 0.15) is 6.04 Å². The van der Waals surface area contributed by atoms with Gasteiger partial charge in [0.15, 0.2) is 5.78 Å². The lowest BCUT2D eigenvalue weighted by Gasteiger charge is -2.34. The molecule has 0 aliphatic carbocycles. The lowest BCUT2D eigenvalue weighted by molar-refractivity contribution is -0.144. The maximum absolute atomic E-state index is 11.9. The molecule has 1 fully saturated rings. The van der Waals surface area contributed by atoms with Crippen molar-refractivity contribution >= 4 is 11.8 Å². The minimum absolute atomic E-state index is 0.0738. The van der Waals surface area contributed by atoms with E-state index in [2.05, 4.69) is 0 Å². The summed E-state index contributed by atoms with van der Waals surface area (Å²) in [4.78, 5) is 25.4. The number of carbonyl (C=O) groups excluding carboxylic acids is 1. The highest BCUT2D eigenvalue weighted by molar-refractivity contribution is 5.97. The molecule has 0 unspecified atom stereocenters. The van der Waals surface area contributed by atoms with Gasteiger partial charge in [0.2, 0.25) is 0 Å². The minimum atomic E-state index is -0.742. The number of hydrogen-bond acceptors (Lipinski definition) is 3. The van der Waals surface area contributed by atoms with Crippen LogP contribution in [-0.2, 0) is 11.3 Å². The molecule has 4 heteroatoms. The summed E-state index contributed by atoms with van der Waals surface area (Å²) in [5.74, 6) is -0.668. The summed E-state index contributed by atoms with van der Waals surface area (Å²) >= 11 is 0. The molecular weight excluding hydrogens is 278 g/mol. The Labute approximate surface area is 132 Å². The average molecular weight is 303 g/mol. The van der Waals surface area contributed by atoms with E-state index in [-0.39, 0.29) is 5.78 Å². The Morgan fingerprint density at radius 2 is 1.91 bits per heavy atom. The molecule has 1 aliphatic heterocycles. The first-order valence-electron chi connectivity index (χ1n) is 7.90. The highest BCUT2D eigenvalue weighted by Crippen LogP contribution is 2.27. The van der Waals surface area contributed by atoms with Crippen LogP contribution in [0.3, 0.4) is 0 Å². The standard InChI is InChI=1S/C18H25NO3/c1-11-9-12(2)17(14(4)20)13(3)15(11)10-19-8-6-5-7-16(19)18(21)22/h9,16H,5-8,10H2,1-4H3,(H,21,22)/t16-/m0/s1. The molecule has 1 heterocycles. The highest BCUT2D eigenvalue weighted by Gasteiger charge is 2.29. The lowest BCUT2D eigenvalue weighted by atomic mass is 9.90. The molecule has 120 valence electrons.